The molecule has 1 aromatic rings. The summed E-state index contributed by atoms with van der Waals surface area (Å²) >= 11 is 0. The van der Waals surface area contributed by atoms with Crippen LogP contribution < -0.4 is 10.1 Å². The van der Waals surface area contributed by atoms with E-state index >= 15 is 0 Å². The van der Waals surface area contributed by atoms with Gasteiger partial charge in [-0.1, -0.05) is 0 Å². The van der Waals surface area contributed by atoms with Crippen LogP contribution in [0.1, 0.15) is 18.0 Å². The summed E-state index contributed by atoms with van der Waals surface area (Å²) in [5.41, 5.74) is -0.302. The van der Waals surface area contributed by atoms with Crippen molar-refractivity contribution in [3.05, 3.63) is 29.1 Å². The summed E-state index contributed by atoms with van der Waals surface area (Å²) < 4.78 is 45.3. The molecule has 2 unspecified atom stereocenters. The zero-order valence-electron chi connectivity index (χ0n) is 10.0. The highest BCUT2D eigenvalue weighted by Crippen LogP contribution is 2.37. The van der Waals surface area contributed by atoms with Crippen molar-refractivity contribution < 1.29 is 27.8 Å². The quantitative estimate of drug-likeness (QED) is 0.826. The van der Waals surface area contributed by atoms with Gasteiger partial charge in [-0.3, -0.25) is 4.79 Å². The van der Waals surface area contributed by atoms with E-state index < -0.39 is 41.1 Å². The maximum absolute atomic E-state index is 13.8. The van der Waals surface area contributed by atoms with Crippen LogP contribution >= 0.6 is 0 Å². The molecule has 7 heteroatoms. The van der Waals surface area contributed by atoms with Crippen LogP contribution in [0.25, 0.3) is 0 Å². The molecular weight excluding hydrogens is 263 g/mol. The lowest BCUT2D eigenvalue weighted by Crippen LogP contribution is -2.18. The monoisotopic (exact) mass is 275 g/mol. The van der Waals surface area contributed by atoms with Crippen LogP contribution in [0, 0.1) is 23.4 Å². The Kier molecular flexibility index (Phi) is 3.66. The molecule has 1 aliphatic rings. The van der Waals surface area contributed by atoms with E-state index in [-0.39, 0.29) is 18.5 Å². The Morgan fingerprint density at radius 2 is 2.11 bits per heavy atom. The molecule has 104 valence electrons. The van der Waals surface area contributed by atoms with Gasteiger partial charge >= 0.3 is 5.97 Å². The average molecular weight is 275 g/mol. The molecule has 0 aromatic heterocycles. The number of methoxy groups -OCH3 is 1. The summed E-state index contributed by atoms with van der Waals surface area (Å²) in [5.74, 6) is -5.72. The molecule has 1 heterocycles. The summed E-state index contributed by atoms with van der Waals surface area (Å²) in [7, 11) is 1.14. The normalized spacial score (nSPS) is 22.5. The largest absolute Gasteiger partial charge is 0.493 e. The summed E-state index contributed by atoms with van der Waals surface area (Å²) in [6.45, 7) is 0.112. The fourth-order valence-electron chi connectivity index (χ4n) is 2.26. The zero-order chi connectivity index (χ0) is 14.2. The van der Waals surface area contributed by atoms with Crippen LogP contribution in [0.3, 0.4) is 0 Å². The second-order valence-electron chi connectivity index (χ2n) is 4.33. The van der Waals surface area contributed by atoms with Gasteiger partial charge in [-0.2, -0.15) is 0 Å². The molecule has 1 aliphatic heterocycles. The van der Waals surface area contributed by atoms with E-state index in [1.54, 1.807) is 0 Å². The first-order chi connectivity index (χ1) is 8.95. The van der Waals surface area contributed by atoms with Crippen molar-refractivity contribution in [2.24, 2.45) is 5.92 Å². The number of ether oxygens (including phenoxy) is 1. The lowest BCUT2D eigenvalue weighted by molar-refractivity contribution is -0.141. The lowest BCUT2D eigenvalue weighted by atomic mass is 9.98. The van der Waals surface area contributed by atoms with Crippen molar-refractivity contribution in [2.45, 2.75) is 12.5 Å². The van der Waals surface area contributed by atoms with E-state index in [2.05, 4.69) is 5.32 Å². The van der Waals surface area contributed by atoms with Crippen LogP contribution in [-0.2, 0) is 4.79 Å². The fraction of sp³-hybridized carbons (Fsp3) is 0.417. The van der Waals surface area contributed by atoms with Crippen LogP contribution in [-0.4, -0.2) is 24.7 Å². The molecule has 0 bridgehead atoms. The molecule has 2 N–H and O–H groups in total. The SMILES string of the molecule is COc1c(F)cc(F)c(F)c1C1CC(C(=O)O)CN1. The summed E-state index contributed by atoms with van der Waals surface area (Å²) in [6.07, 6.45) is 0.0471. The van der Waals surface area contributed by atoms with Crippen molar-refractivity contribution in [1.29, 1.82) is 0 Å². The van der Waals surface area contributed by atoms with Gasteiger partial charge < -0.3 is 15.2 Å². The van der Waals surface area contributed by atoms with Crippen molar-refractivity contribution >= 4 is 5.97 Å². The molecule has 0 amide bonds. The van der Waals surface area contributed by atoms with Gasteiger partial charge in [0.2, 0.25) is 0 Å². The Morgan fingerprint density at radius 1 is 1.42 bits per heavy atom. The van der Waals surface area contributed by atoms with Gasteiger partial charge in [0, 0.05) is 18.7 Å². The van der Waals surface area contributed by atoms with Crippen LogP contribution in [0.4, 0.5) is 13.2 Å². The highest BCUT2D eigenvalue weighted by atomic mass is 19.2. The Hall–Kier alpha value is -1.76. The standard InChI is InChI=1S/C12H12F3NO3/c1-19-11-7(14)3-6(13)10(15)9(11)8-2-5(4-16-8)12(17)18/h3,5,8,16H,2,4H2,1H3,(H,17,18). The second kappa shape index (κ2) is 5.08. The average Bonchev–Trinajstić information content (AvgIpc) is 2.82. The van der Waals surface area contributed by atoms with Gasteiger partial charge in [0.25, 0.3) is 0 Å². The Balaban J connectivity index is 2.42. The molecule has 2 atom stereocenters. The predicted molar refractivity (Wildman–Crippen MR) is 59.4 cm³/mol. The van der Waals surface area contributed by atoms with Gasteiger partial charge in [-0.15, -0.1) is 0 Å². The van der Waals surface area contributed by atoms with E-state index in [4.69, 9.17) is 9.84 Å². The molecular formula is C12H12F3NO3. The van der Waals surface area contributed by atoms with Gasteiger partial charge in [0.1, 0.15) is 0 Å². The second-order valence-corrected chi connectivity index (χ2v) is 4.33. The van der Waals surface area contributed by atoms with Crippen molar-refractivity contribution in [1.82, 2.24) is 5.32 Å². The highest BCUT2D eigenvalue weighted by molar-refractivity contribution is 5.71. The number of halogens is 3. The number of aliphatic carboxylic acids is 1. The highest BCUT2D eigenvalue weighted by Gasteiger charge is 2.35. The maximum atomic E-state index is 13.8. The van der Waals surface area contributed by atoms with E-state index in [9.17, 15) is 18.0 Å². The minimum Gasteiger partial charge on any atom is -0.493 e. The van der Waals surface area contributed by atoms with Crippen LogP contribution in [0.5, 0.6) is 5.75 Å². The van der Waals surface area contributed by atoms with E-state index in [0.717, 1.165) is 7.11 Å². The zero-order valence-corrected chi connectivity index (χ0v) is 10.0. The van der Waals surface area contributed by atoms with Crippen LogP contribution in [0.2, 0.25) is 0 Å². The van der Waals surface area contributed by atoms with E-state index in [1.807, 2.05) is 0 Å². The third-order valence-corrected chi connectivity index (χ3v) is 3.19. The topological polar surface area (TPSA) is 58.6 Å². The Morgan fingerprint density at radius 3 is 2.63 bits per heavy atom. The Labute approximate surface area is 107 Å². The van der Waals surface area contributed by atoms with Gasteiger partial charge in [0.15, 0.2) is 23.2 Å². The molecule has 1 aromatic carbocycles. The molecule has 19 heavy (non-hydrogen) atoms. The maximum Gasteiger partial charge on any atom is 0.307 e. The van der Waals surface area contributed by atoms with Crippen molar-refractivity contribution in [3.8, 4) is 5.75 Å². The minimum atomic E-state index is -1.33. The van der Waals surface area contributed by atoms with Crippen LogP contribution in [0.15, 0.2) is 6.07 Å². The first kappa shape index (κ1) is 13.7. The van der Waals surface area contributed by atoms with Crippen molar-refractivity contribution in [2.75, 3.05) is 13.7 Å². The number of carbonyl (C=O) groups is 1. The molecule has 0 saturated carbocycles. The number of carboxylic acid groups (broad SMARTS) is 1. The Bertz CT molecular complexity index is 521. The van der Waals surface area contributed by atoms with Gasteiger partial charge in [-0.05, 0) is 6.42 Å². The number of nitrogens with one attached hydrogen (secondary N) is 1. The van der Waals surface area contributed by atoms with Crippen molar-refractivity contribution in [3.63, 3.8) is 0 Å². The smallest absolute Gasteiger partial charge is 0.307 e. The number of rotatable bonds is 3. The minimum absolute atomic E-state index is 0.0471. The van der Waals surface area contributed by atoms with E-state index in [0.29, 0.717) is 6.07 Å². The molecule has 0 spiro atoms. The van der Waals surface area contributed by atoms with Gasteiger partial charge in [-0.25, -0.2) is 13.2 Å². The number of benzene rings is 1. The summed E-state index contributed by atoms with van der Waals surface area (Å²) in [5, 5.41) is 11.6. The summed E-state index contributed by atoms with van der Waals surface area (Å²) in [4.78, 5) is 10.8. The third kappa shape index (κ3) is 2.37. The lowest BCUT2D eigenvalue weighted by Gasteiger charge is -2.17. The molecule has 1 saturated heterocycles. The molecule has 0 aliphatic carbocycles. The molecule has 1 fully saturated rings. The molecule has 0 radical (unpaired) electrons. The fourth-order valence-corrected chi connectivity index (χ4v) is 2.26. The predicted octanol–water partition coefficient (Wildman–Crippen LogP) is 1.85. The molecule has 2 rings (SSSR count). The summed E-state index contributed by atoms with van der Waals surface area (Å²) in [6, 6.07) is -0.386. The first-order valence-electron chi connectivity index (χ1n) is 5.63. The number of hydrogen-bond acceptors (Lipinski definition) is 3. The number of carboxylic acids is 1. The van der Waals surface area contributed by atoms with Gasteiger partial charge in [0.05, 0.1) is 18.6 Å². The first-order valence-corrected chi connectivity index (χ1v) is 5.63. The third-order valence-electron chi connectivity index (χ3n) is 3.19. The number of hydrogen-bond donors (Lipinski definition) is 2. The van der Waals surface area contributed by atoms with E-state index in [1.165, 1.54) is 0 Å². The molecule has 4 nitrogen and oxygen atoms in total.